The number of nitro benzene ring substituents is 1. The van der Waals surface area contributed by atoms with Gasteiger partial charge in [-0.1, -0.05) is 6.92 Å². The van der Waals surface area contributed by atoms with Gasteiger partial charge in [-0.3, -0.25) is 10.1 Å². The quantitative estimate of drug-likeness (QED) is 0.652. The van der Waals surface area contributed by atoms with E-state index >= 15 is 0 Å². The summed E-state index contributed by atoms with van der Waals surface area (Å²) in [5.41, 5.74) is 0.108. The number of nitrogens with zero attached hydrogens (tertiary/aromatic N) is 1. The third-order valence-corrected chi connectivity index (χ3v) is 4.32. The number of rotatable bonds is 5. The zero-order valence-electron chi connectivity index (χ0n) is 11.3. The molecule has 0 saturated carbocycles. The maximum atomic E-state index is 11.7. The van der Waals surface area contributed by atoms with Crippen molar-refractivity contribution in [1.82, 2.24) is 0 Å². The van der Waals surface area contributed by atoms with Crippen LogP contribution < -0.4 is 5.32 Å². The molecule has 0 spiro atoms. The van der Waals surface area contributed by atoms with E-state index in [2.05, 4.69) is 5.32 Å². The summed E-state index contributed by atoms with van der Waals surface area (Å²) in [6.45, 7) is 3.80. The summed E-state index contributed by atoms with van der Waals surface area (Å²) in [4.78, 5) is 10.1. The van der Waals surface area contributed by atoms with Crippen LogP contribution in [0.3, 0.4) is 0 Å². The van der Waals surface area contributed by atoms with Crippen LogP contribution in [0.1, 0.15) is 6.92 Å². The van der Waals surface area contributed by atoms with Crippen LogP contribution in [0, 0.1) is 15.5 Å². The summed E-state index contributed by atoms with van der Waals surface area (Å²) < 4.78 is 28.6. The summed E-state index contributed by atoms with van der Waals surface area (Å²) >= 11 is 0. The minimum Gasteiger partial charge on any atom is -0.383 e. The van der Waals surface area contributed by atoms with Crippen LogP contribution in [-0.2, 0) is 14.6 Å². The first kappa shape index (κ1) is 14.7. The first-order valence-corrected chi connectivity index (χ1v) is 7.91. The van der Waals surface area contributed by atoms with Crippen molar-refractivity contribution in [2.45, 2.75) is 11.8 Å². The highest BCUT2D eigenvalue weighted by atomic mass is 32.2. The Morgan fingerprint density at radius 2 is 2.10 bits per heavy atom. The maximum absolute atomic E-state index is 11.7. The van der Waals surface area contributed by atoms with Crippen molar-refractivity contribution >= 4 is 21.2 Å². The van der Waals surface area contributed by atoms with Gasteiger partial charge in [0.2, 0.25) is 0 Å². The molecule has 1 aromatic carbocycles. The maximum Gasteiger partial charge on any atom is 0.270 e. The highest BCUT2D eigenvalue weighted by Gasteiger charge is 2.33. The Morgan fingerprint density at radius 1 is 1.45 bits per heavy atom. The Bertz CT molecular complexity index is 637. The highest BCUT2D eigenvalue weighted by molar-refractivity contribution is 7.90. The number of non-ortho nitro benzene ring substituents is 1. The van der Waals surface area contributed by atoms with Crippen LogP contribution >= 0.6 is 0 Å². The fourth-order valence-corrected chi connectivity index (χ4v) is 2.81. The average molecular weight is 300 g/mol. The van der Waals surface area contributed by atoms with Crippen molar-refractivity contribution in [2.24, 2.45) is 5.41 Å². The molecule has 1 aliphatic rings. The predicted octanol–water partition coefficient (Wildman–Crippen LogP) is 1.45. The third kappa shape index (κ3) is 3.07. The zero-order chi connectivity index (χ0) is 15.0. The van der Waals surface area contributed by atoms with Crippen LogP contribution in [0.2, 0.25) is 0 Å². The summed E-state index contributed by atoms with van der Waals surface area (Å²) in [6, 6.07) is 3.80. The molecule has 1 N–H and O–H groups in total. The molecule has 110 valence electrons. The van der Waals surface area contributed by atoms with Gasteiger partial charge in [0.1, 0.15) is 0 Å². The van der Waals surface area contributed by atoms with Gasteiger partial charge in [-0.05, 0) is 6.07 Å². The Labute approximate surface area is 117 Å². The largest absolute Gasteiger partial charge is 0.383 e. The second-order valence-corrected chi connectivity index (χ2v) is 7.35. The minimum atomic E-state index is -3.54. The van der Waals surface area contributed by atoms with Crippen LogP contribution in [0.25, 0.3) is 0 Å². The lowest BCUT2D eigenvalue weighted by atomic mass is 9.89. The minimum absolute atomic E-state index is 0.0312. The molecule has 1 fully saturated rings. The van der Waals surface area contributed by atoms with E-state index in [0.717, 1.165) is 12.3 Å². The van der Waals surface area contributed by atoms with Gasteiger partial charge in [0, 0.05) is 30.3 Å². The normalized spacial score (nSPS) is 17.3. The number of anilines is 1. The SMILES string of the molecule is CC1(CNc2ccc([N+](=O)[O-])cc2S(C)(=O)=O)COC1. The molecule has 0 amide bonds. The van der Waals surface area contributed by atoms with Crippen molar-refractivity contribution in [2.75, 3.05) is 31.3 Å². The van der Waals surface area contributed by atoms with Gasteiger partial charge in [-0.15, -0.1) is 0 Å². The standard InChI is InChI=1S/C12H16N2O5S/c1-12(7-19-8-12)6-13-10-4-3-9(14(15)16)5-11(10)20(2,17)18/h3-5,13H,6-8H2,1-2H3. The first-order chi connectivity index (χ1) is 9.21. The Hall–Kier alpha value is -1.67. The van der Waals surface area contributed by atoms with Crippen LogP contribution in [0.15, 0.2) is 23.1 Å². The lowest BCUT2D eigenvalue weighted by Crippen LogP contribution is -2.45. The van der Waals surface area contributed by atoms with Crippen molar-refractivity contribution in [3.8, 4) is 0 Å². The number of nitro groups is 1. The summed E-state index contributed by atoms with van der Waals surface area (Å²) in [5.74, 6) is 0. The Balaban J connectivity index is 2.29. The molecule has 1 aliphatic heterocycles. The number of sulfone groups is 1. The number of benzene rings is 1. The summed E-state index contributed by atoms with van der Waals surface area (Å²) in [6.07, 6.45) is 1.03. The Morgan fingerprint density at radius 3 is 2.55 bits per heavy atom. The van der Waals surface area contributed by atoms with Crippen LogP contribution in [-0.4, -0.2) is 39.4 Å². The van der Waals surface area contributed by atoms with E-state index < -0.39 is 14.8 Å². The van der Waals surface area contributed by atoms with Crippen molar-refractivity contribution in [3.05, 3.63) is 28.3 Å². The van der Waals surface area contributed by atoms with Gasteiger partial charge in [-0.2, -0.15) is 0 Å². The number of hydrogen-bond acceptors (Lipinski definition) is 6. The molecule has 20 heavy (non-hydrogen) atoms. The molecule has 0 aliphatic carbocycles. The monoisotopic (exact) mass is 300 g/mol. The molecule has 0 atom stereocenters. The molecule has 1 aromatic rings. The lowest BCUT2D eigenvalue weighted by Gasteiger charge is -2.38. The van der Waals surface area contributed by atoms with Gasteiger partial charge in [-0.25, -0.2) is 8.42 Å². The van der Waals surface area contributed by atoms with E-state index in [1.807, 2.05) is 6.92 Å². The molecular weight excluding hydrogens is 284 g/mol. The van der Waals surface area contributed by atoms with Gasteiger partial charge in [0.15, 0.2) is 9.84 Å². The molecule has 0 bridgehead atoms. The number of hydrogen-bond donors (Lipinski definition) is 1. The van der Waals surface area contributed by atoms with E-state index in [9.17, 15) is 18.5 Å². The van der Waals surface area contributed by atoms with Gasteiger partial charge in [0.25, 0.3) is 5.69 Å². The first-order valence-electron chi connectivity index (χ1n) is 6.01. The lowest BCUT2D eigenvalue weighted by molar-refractivity contribution is -0.385. The van der Waals surface area contributed by atoms with Gasteiger partial charge >= 0.3 is 0 Å². The van der Waals surface area contributed by atoms with Crippen molar-refractivity contribution in [1.29, 1.82) is 0 Å². The molecule has 0 unspecified atom stereocenters. The average Bonchev–Trinajstić information content (AvgIpc) is 2.32. The predicted molar refractivity (Wildman–Crippen MR) is 73.6 cm³/mol. The van der Waals surface area contributed by atoms with E-state index in [-0.39, 0.29) is 16.0 Å². The van der Waals surface area contributed by atoms with E-state index in [0.29, 0.717) is 25.4 Å². The molecule has 0 radical (unpaired) electrons. The van der Waals surface area contributed by atoms with E-state index in [4.69, 9.17) is 4.74 Å². The fraction of sp³-hybridized carbons (Fsp3) is 0.500. The smallest absolute Gasteiger partial charge is 0.270 e. The molecule has 2 rings (SSSR count). The van der Waals surface area contributed by atoms with Gasteiger partial charge in [0.05, 0.1) is 28.7 Å². The second-order valence-electron chi connectivity index (χ2n) is 5.37. The topological polar surface area (TPSA) is 98.5 Å². The fourth-order valence-electron chi connectivity index (χ4n) is 1.94. The molecule has 8 heteroatoms. The molecule has 0 aromatic heterocycles. The van der Waals surface area contributed by atoms with Crippen LogP contribution in [0.5, 0.6) is 0 Å². The summed E-state index contributed by atoms with van der Waals surface area (Å²) in [5, 5.41) is 13.8. The van der Waals surface area contributed by atoms with Crippen molar-refractivity contribution < 1.29 is 18.1 Å². The number of ether oxygens (including phenoxy) is 1. The third-order valence-electron chi connectivity index (χ3n) is 3.18. The highest BCUT2D eigenvalue weighted by Crippen LogP contribution is 2.30. The zero-order valence-corrected chi connectivity index (χ0v) is 12.1. The van der Waals surface area contributed by atoms with Crippen LogP contribution in [0.4, 0.5) is 11.4 Å². The van der Waals surface area contributed by atoms with Crippen molar-refractivity contribution in [3.63, 3.8) is 0 Å². The molecule has 7 nitrogen and oxygen atoms in total. The van der Waals surface area contributed by atoms with Gasteiger partial charge < -0.3 is 10.1 Å². The van der Waals surface area contributed by atoms with E-state index in [1.165, 1.54) is 12.1 Å². The molecule has 1 heterocycles. The number of nitrogens with one attached hydrogen (secondary N) is 1. The second kappa shape index (κ2) is 5.02. The molecule has 1 saturated heterocycles. The summed E-state index contributed by atoms with van der Waals surface area (Å²) in [7, 11) is -3.54. The van der Waals surface area contributed by atoms with E-state index in [1.54, 1.807) is 0 Å². The molecular formula is C12H16N2O5S. The Kier molecular flexibility index (Phi) is 3.70.